The summed E-state index contributed by atoms with van der Waals surface area (Å²) in [5.74, 6) is -0.476. The second-order valence-electron chi connectivity index (χ2n) is 4.14. The largest absolute Gasteiger partial charge is 0.396 e. The summed E-state index contributed by atoms with van der Waals surface area (Å²) in [6.45, 7) is 2.66. The van der Waals surface area contributed by atoms with Gasteiger partial charge < -0.3 is 25.5 Å². The van der Waals surface area contributed by atoms with E-state index in [1.807, 2.05) is 6.92 Å². The molecule has 6 heteroatoms. The standard InChI is InChI=1S/C10H20N2O4/c1-2-3-11-10(16)12-4-7(6-13)9(15)8(14)5-12/h7-9,13-15H,2-6H2,1H3,(H,11,16)/t7-,8-,9-/m1/s1. The topological polar surface area (TPSA) is 93.0 Å². The normalized spacial score (nSPS) is 30.2. The molecule has 0 aliphatic carbocycles. The van der Waals surface area contributed by atoms with Gasteiger partial charge in [-0.15, -0.1) is 0 Å². The Labute approximate surface area is 94.9 Å². The van der Waals surface area contributed by atoms with Crippen molar-refractivity contribution < 1.29 is 20.1 Å². The summed E-state index contributed by atoms with van der Waals surface area (Å²) in [7, 11) is 0. The molecule has 1 aliphatic rings. The van der Waals surface area contributed by atoms with Crippen LogP contribution in [0.15, 0.2) is 0 Å². The lowest BCUT2D eigenvalue weighted by Crippen LogP contribution is -2.57. The van der Waals surface area contributed by atoms with Gasteiger partial charge in [0.25, 0.3) is 0 Å². The van der Waals surface area contributed by atoms with E-state index in [2.05, 4.69) is 5.32 Å². The first-order chi connectivity index (χ1) is 7.60. The zero-order chi connectivity index (χ0) is 12.1. The first-order valence-corrected chi connectivity index (χ1v) is 5.59. The Morgan fingerprint density at radius 2 is 2.12 bits per heavy atom. The zero-order valence-electron chi connectivity index (χ0n) is 9.46. The van der Waals surface area contributed by atoms with E-state index in [-0.39, 0.29) is 25.7 Å². The molecular formula is C10H20N2O4. The van der Waals surface area contributed by atoms with Crippen molar-refractivity contribution in [1.82, 2.24) is 10.2 Å². The van der Waals surface area contributed by atoms with Crippen molar-refractivity contribution in [3.05, 3.63) is 0 Å². The number of urea groups is 1. The molecule has 0 unspecified atom stereocenters. The van der Waals surface area contributed by atoms with E-state index < -0.39 is 18.1 Å². The summed E-state index contributed by atoms with van der Waals surface area (Å²) >= 11 is 0. The first-order valence-electron chi connectivity index (χ1n) is 5.59. The van der Waals surface area contributed by atoms with Crippen molar-refractivity contribution in [2.24, 2.45) is 5.92 Å². The summed E-state index contributed by atoms with van der Waals surface area (Å²) in [4.78, 5) is 13.0. The third kappa shape index (κ3) is 3.07. The third-order valence-electron chi connectivity index (χ3n) is 2.79. The Kier molecular flexibility index (Phi) is 4.98. The molecule has 1 aliphatic heterocycles. The maximum Gasteiger partial charge on any atom is 0.317 e. The number of piperidine rings is 1. The van der Waals surface area contributed by atoms with Crippen LogP contribution in [-0.2, 0) is 0 Å². The van der Waals surface area contributed by atoms with Crippen molar-refractivity contribution in [1.29, 1.82) is 0 Å². The number of nitrogens with one attached hydrogen (secondary N) is 1. The lowest BCUT2D eigenvalue weighted by molar-refractivity contribution is -0.0756. The van der Waals surface area contributed by atoms with Gasteiger partial charge in [-0.05, 0) is 6.42 Å². The number of rotatable bonds is 3. The van der Waals surface area contributed by atoms with Gasteiger partial charge in [0.2, 0.25) is 0 Å². The van der Waals surface area contributed by atoms with Gasteiger partial charge in [0.1, 0.15) is 0 Å². The average Bonchev–Trinajstić information content (AvgIpc) is 2.29. The smallest absolute Gasteiger partial charge is 0.317 e. The minimum absolute atomic E-state index is 0.104. The highest BCUT2D eigenvalue weighted by Gasteiger charge is 2.35. The Hall–Kier alpha value is -0.850. The molecule has 0 saturated carbocycles. The molecule has 1 rings (SSSR count). The zero-order valence-corrected chi connectivity index (χ0v) is 9.46. The molecule has 1 heterocycles. The van der Waals surface area contributed by atoms with Gasteiger partial charge in [0.05, 0.1) is 25.4 Å². The van der Waals surface area contributed by atoms with Crippen LogP contribution in [0.25, 0.3) is 0 Å². The summed E-state index contributed by atoms with van der Waals surface area (Å²) < 4.78 is 0. The molecule has 16 heavy (non-hydrogen) atoms. The van der Waals surface area contributed by atoms with Gasteiger partial charge in [-0.1, -0.05) is 6.92 Å². The van der Waals surface area contributed by atoms with Crippen LogP contribution < -0.4 is 5.32 Å². The number of amides is 2. The van der Waals surface area contributed by atoms with Crippen LogP contribution in [0.2, 0.25) is 0 Å². The van der Waals surface area contributed by atoms with Crippen LogP contribution in [-0.4, -0.2) is 64.7 Å². The molecule has 1 fully saturated rings. The molecular weight excluding hydrogens is 212 g/mol. The highest BCUT2D eigenvalue weighted by molar-refractivity contribution is 5.74. The third-order valence-corrected chi connectivity index (χ3v) is 2.79. The molecule has 4 N–H and O–H groups in total. The number of carbonyl (C=O) groups excluding carboxylic acids is 1. The molecule has 0 aromatic heterocycles. The van der Waals surface area contributed by atoms with E-state index in [4.69, 9.17) is 5.11 Å². The molecule has 6 nitrogen and oxygen atoms in total. The van der Waals surface area contributed by atoms with Gasteiger partial charge in [-0.25, -0.2) is 4.79 Å². The van der Waals surface area contributed by atoms with E-state index in [1.54, 1.807) is 0 Å². The van der Waals surface area contributed by atoms with Gasteiger partial charge >= 0.3 is 6.03 Å². The summed E-state index contributed by atoms with van der Waals surface area (Å²) in [6.07, 6.45) is -1.10. The predicted octanol–water partition coefficient (Wildman–Crippen LogP) is -1.25. The van der Waals surface area contributed by atoms with Crippen LogP contribution in [0.1, 0.15) is 13.3 Å². The highest BCUT2D eigenvalue weighted by atomic mass is 16.3. The number of likely N-dealkylation sites (tertiary alicyclic amines) is 1. The molecule has 3 atom stereocenters. The lowest BCUT2D eigenvalue weighted by Gasteiger charge is -2.38. The van der Waals surface area contributed by atoms with Crippen molar-refractivity contribution in [2.45, 2.75) is 25.6 Å². The minimum atomic E-state index is -0.988. The van der Waals surface area contributed by atoms with Crippen LogP contribution in [0.4, 0.5) is 4.79 Å². The number of hydrogen-bond acceptors (Lipinski definition) is 4. The maximum atomic E-state index is 11.6. The number of carbonyl (C=O) groups is 1. The fourth-order valence-electron chi connectivity index (χ4n) is 1.79. The van der Waals surface area contributed by atoms with Crippen LogP contribution in [0, 0.1) is 5.92 Å². The van der Waals surface area contributed by atoms with Crippen molar-refractivity contribution in [3.8, 4) is 0 Å². The van der Waals surface area contributed by atoms with Gasteiger partial charge in [-0.2, -0.15) is 0 Å². The van der Waals surface area contributed by atoms with Crippen LogP contribution in [0.5, 0.6) is 0 Å². The number of aliphatic hydroxyl groups excluding tert-OH is 3. The fraction of sp³-hybridized carbons (Fsp3) is 0.900. The molecule has 1 saturated heterocycles. The molecule has 0 aromatic rings. The SMILES string of the molecule is CCCNC(=O)N1C[C@H](CO)[C@@H](O)[C@H](O)C1. The van der Waals surface area contributed by atoms with E-state index in [1.165, 1.54) is 4.90 Å². The van der Waals surface area contributed by atoms with Crippen molar-refractivity contribution >= 4 is 6.03 Å². The first kappa shape index (κ1) is 13.2. The van der Waals surface area contributed by atoms with Crippen LogP contribution >= 0.6 is 0 Å². The van der Waals surface area contributed by atoms with E-state index in [0.29, 0.717) is 6.54 Å². The molecule has 0 spiro atoms. The average molecular weight is 232 g/mol. The fourth-order valence-corrected chi connectivity index (χ4v) is 1.79. The molecule has 0 bridgehead atoms. The Bertz CT molecular complexity index is 237. The maximum absolute atomic E-state index is 11.6. The van der Waals surface area contributed by atoms with Gasteiger partial charge in [-0.3, -0.25) is 0 Å². The Morgan fingerprint density at radius 1 is 1.44 bits per heavy atom. The number of nitrogens with zero attached hydrogens (tertiary/aromatic N) is 1. The van der Waals surface area contributed by atoms with Crippen molar-refractivity contribution in [3.63, 3.8) is 0 Å². The van der Waals surface area contributed by atoms with Crippen LogP contribution in [0.3, 0.4) is 0 Å². The van der Waals surface area contributed by atoms with Gasteiger partial charge in [0, 0.05) is 19.0 Å². The second-order valence-corrected chi connectivity index (χ2v) is 4.14. The van der Waals surface area contributed by atoms with E-state index in [9.17, 15) is 15.0 Å². The van der Waals surface area contributed by atoms with E-state index in [0.717, 1.165) is 6.42 Å². The minimum Gasteiger partial charge on any atom is -0.396 e. The van der Waals surface area contributed by atoms with Gasteiger partial charge in [0.15, 0.2) is 0 Å². The lowest BCUT2D eigenvalue weighted by atomic mass is 9.93. The Balaban J connectivity index is 2.52. The van der Waals surface area contributed by atoms with Crippen molar-refractivity contribution in [2.75, 3.05) is 26.2 Å². The molecule has 0 aromatic carbocycles. The second kappa shape index (κ2) is 6.03. The molecule has 2 amide bonds. The summed E-state index contributed by atoms with van der Waals surface area (Å²) in [5.41, 5.74) is 0. The summed E-state index contributed by atoms with van der Waals surface area (Å²) in [5, 5.41) is 30.8. The predicted molar refractivity (Wildman–Crippen MR) is 57.9 cm³/mol. The number of hydrogen-bond donors (Lipinski definition) is 4. The molecule has 0 radical (unpaired) electrons. The monoisotopic (exact) mass is 232 g/mol. The quantitative estimate of drug-likeness (QED) is 0.489. The molecule has 94 valence electrons. The summed E-state index contributed by atoms with van der Waals surface area (Å²) in [6, 6.07) is -0.258. The number of β-amino-alcohol motifs (C(OH)–C–C–N with tert-alkyl or cyclic N) is 1. The number of aliphatic hydroxyl groups is 3. The highest BCUT2D eigenvalue weighted by Crippen LogP contribution is 2.17. The van der Waals surface area contributed by atoms with E-state index >= 15 is 0 Å². The Morgan fingerprint density at radius 3 is 2.69 bits per heavy atom.